The summed E-state index contributed by atoms with van der Waals surface area (Å²) in [5.41, 5.74) is 3.06. The highest BCUT2D eigenvalue weighted by molar-refractivity contribution is 7.17. The van der Waals surface area contributed by atoms with Gasteiger partial charge in [-0.05, 0) is 53.3 Å². The van der Waals surface area contributed by atoms with Crippen LogP contribution in [0.4, 0.5) is 0 Å². The third-order valence-corrected chi connectivity index (χ3v) is 5.11. The molecule has 3 aromatic rings. The molecule has 1 aliphatic rings. The van der Waals surface area contributed by atoms with Crippen molar-refractivity contribution < 1.29 is 4.79 Å². The lowest BCUT2D eigenvalue weighted by atomic mass is 10.0. The zero-order valence-corrected chi connectivity index (χ0v) is 13.0. The first kappa shape index (κ1) is 13.5. The van der Waals surface area contributed by atoms with Crippen LogP contribution in [-0.4, -0.2) is 12.5 Å². The lowest BCUT2D eigenvalue weighted by molar-refractivity contribution is 0.0952. The summed E-state index contributed by atoms with van der Waals surface area (Å²) < 4.78 is 1.24. The van der Waals surface area contributed by atoms with Gasteiger partial charge in [0.2, 0.25) is 0 Å². The minimum absolute atomic E-state index is 0.0391. The van der Waals surface area contributed by atoms with Crippen LogP contribution in [0.5, 0.6) is 0 Å². The van der Waals surface area contributed by atoms with E-state index in [1.54, 1.807) is 11.3 Å². The largest absolute Gasteiger partial charge is 0.352 e. The average molecular weight is 307 g/mol. The van der Waals surface area contributed by atoms with Crippen LogP contribution in [0.3, 0.4) is 0 Å². The molecule has 110 valence electrons. The molecule has 1 saturated carbocycles. The van der Waals surface area contributed by atoms with Gasteiger partial charge in [0, 0.05) is 22.4 Å². The Morgan fingerprint density at radius 3 is 2.73 bits per heavy atom. The summed E-state index contributed by atoms with van der Waals surface area (Å²) in [6.07, 6.45) is 2.50. The molecule has 0 spiro atoms. The highest BCUT2D eigenvalue weighted by Crippen LogP contribution is 2.34. The maximum absolute atomic E-state index is 12.4. The lowest BCUT2D eigenvalue weighted by Gasteiger charge is -2.09. The van der Waals surface area contributed by atoms with Gasteiger partial charge < -0.3 is 5.32 Å². The Kier molecular flexibility index (Phi) is 3.43. The molecule has 2 aromatic carbocycles. The molecule has 1 aliphatic carbocycles. The highest BCUT2D eigenvalue weighted by atomic mass is 32.1. The minimum atomic E-state index is 0.0391. The molecular formula is C19H17NOS. The Hall–Kier alpha value is -2.13. The van der Waals surface area contributed by atoms with Crippen molar-refractivity contribution in [3.8, 4) is 11.1 Å². The summed E-state index contributed by atoms with van der Waals surface area (Å²) in [5.74, 6) is 0.736. The van der Waals surface area contributed by atoms with Crippen LogP contribution in [-0.2, 0) is 0 Å². The molecular weight excluding hydrogens is 290 g/mol. The van der Waals surface area contributed by atoms with E-state index in [9.17, 15) is 4.79 Å². The maximum Gasteiger partial charge on any atom is 0.251 e. The smallest absolute Gasteiger partial charge is 0.251 e. The second-order valence-corrected chi connectivity index (χ2v) is 6.80. The summed E-state index contributed by atoms with van der Waals surface area (Å²) in [6, 6.07) is 16.4. The molecule has 1 fully saturated rings. The van der Waals surface area contributed by atoms with Crippen molar-refractivity contribution in [2.45, 2.75) is 12.8 Å². The minimum Gasteiger partial charge on any atom is -0.352 e. The number of amides is 1. The predicted molar refractivity (Wildman–Crippen MR) is 92.3 cm³/mol. The second kappa shape index (κ2) is 5.58. The number of carbonyl (C=O) groups is 1. The molecule has 22 heavy (non-hydrogen) atoms. The summed E-state index contributed by atoms with van der Waals surface area (Å²) in [6.45, 7) is 0.807. The third kappa shape index (κ3) is 2.64. The van der Waals surface area contributed by atoms with Crippen molar-refractivity contribution in [1.82, 2.24) is 5.32 Å². The van der Waals surface area contributed by atoms with Crippen molar-refractivity contribution in [1.29, 1.82) is 0 Å². The van der Waals surface area contributed by atoms with Crippen LogP contribution in [0.1, 0.15) is 23.2 Å². The van der Waals surface area contributed by atoms with E-state index in [1.807, 2.05) is 30.3 Å². The highest BCUT2D eigenvalue weighted by Gasteiger charge is 2.22. The van der Waals surface area contributed by atoms with Gasteiger partial charge in [-0.2, -0.15) is 0 Å². The monoisotopic (exact) mass is 307 g/mol. The van der Waals surface area contributed by atoms with Gasteiger partial charge in [0.05, 0.1) is 0 Å². The van der Waals surface area contributed by atoms with Gasteiger partial charge in [-0.3, -0.25) is 4.79 Å². The van der Waals surface area contributed by atoms with E-state index in [-0.39, 0.29) is 5.91 Å². The Bertz CT molecular complexity index is 818. The van der Waals surface area contributed by atoms with Crippen molar-refractivity contribution in [3.63, 3.8) is 0 Å². The first-order chi connectivity index (χ1) is 10.8. The zero-order chi connectivity index (χ0) is 14.9. The van der Waals surface area contributed by atoms with E-state index < -0.39 is 0 Å². The molecule has 3 heteroatoms. The van der Waals surface area contributed by atoms with Crippen molar-refractivity contribution >= 4 is 27.3 Å². The van der Waals surface area contributed by atoms with Gasteiger partial charge in [-0.15, -0.1) is 11.3 Å². The van der Waals surface area contributed by atoms with Gasteiger partial charge in [0.25, 0.3) is 5.91 Å². The second-order valence-electron chi connectivity index (χ2n) is 5.88. The molecule has 0 atom stereocenters. The number of nitrogens with one attached hydrogen (secondary N) is 1. The summed E-state index contributed by atoms with van der Waals surface area (Å²) >= 11 is 1.73. The van der Waals surface area contributed by atoms with Crippen molar-refractivity contribution in [3.05, 3.63) is 59.5 Å². The van der Waals surface area contributed by atoms with E-state index in [4.69, 9.17) is 0 Å². The van der Waals surface area contributed by atoms with Crippen LogP contribution in [0.2, 0.25) is 0 Å². The Morgan fingerprint density at radius 2 is 1.95 bits per heavy atom. The molecule has 2 nitrogen and oxygen atoms in total. The van der Waals surface area contributed by atoms with Crippen molar-refractivity contribution in [2.24, 2.45) is 5.92 Å². The molecule has 1 aromatic heterocycles. The fraction of sp³-hybridized carbons (Fsp3) is 0.211. The van der Waals surface area contributed by atoms with Gasteiger partial charge in [-0.25, -0.2) is 0 Å². The molecule has 0 unspecified atom stereocenters. The zero-order valence-electron chi connectivity index (χ0n) is 12.2. The Morgan fingerprint density at radius 1 is 1.14 bits per heavy atom. The average Bonchev–Trinajstić information content (AvgIpc) is 3.27. The number of carbonyl (C=O) groups excluding carboxylic acids is 1. The number of hydrogen-bond donors (Lipinski definition) is 1. The summed E-state index contributed by atoms with van der Waals surface area (Å²) in [5, 5.41) is 6.29. The molecule has 4 rings (SSSR count). The van der Waals surface area contributed by atoms with Crippen LogP contribution < -0.4 is 5.32 Å². The SMILES string of the molecule is O=C(NCC1CC1)c1cc(-c2ccccc2)c2sccc2c1. The number of thiophene rings is 1. The van der Waals surface area contributed by atoms with Gasteiger partial charge in [0.15, 0.2) is 0 Å². The molecule has 1 amide bonds. The van der Waals surface area contributed by atoms with Crippen LogP contribution >= 0.6 is 11.3 Å². The molecule has 0 radical (unpaired) electrons. The van der Waals surface area contributed by atoms with Crippen LogP contribution in [0.25, 0.3) is 21.2 Å². The molecule has 0 aliphatic heterocycles. The fourth-order valence-corrected chi connectivity index (χ4v) is 3.62. The van der Waals surface area contributed by atoms with Crippen molar-refractivity contribution in [2.75, 3.05) is 6.54 Å². The normalized spacial score (nSPS) is 14.2. The van der Waals surface area contributed by atoms with E-state index in [1.165, 1.54) is 17.5 Å². The first-order valence-electron chi connectivity index (χ1n) is 7.66. The third-order valence-electron chi connectivity index (χ3n) is 4.15. The van der Waals surface area contributed by atoms with E-state index in [0.717, 1.165) is 28.6 Å². The number of rotatable bonds is 4. The van der Waals surface area contributed by atoms with E-state index >= 15 is 0 Å². The van der Waals surface area contributed by atoms with E-state index in [2.05, 4.69) is 28.9 Å². The summed E-state index contributed by atoms with van der Waals surface area (Å²) in [4.78, 5) is 12.4. The fourth-order valence-electron chi connectivity index (χ4n) is 2.71. The molecule has 0 saturated heterocycles. The molecule has 1 N–H and O–H groups in total. The number of hydrogen-bond acceptors (Lipinski definition) is 2. The standard InChI is InChI=1S/C19H17NOS/c21-19(20-12-13-6-7-13)16-10-15-8-9-22-18(15)17(11-16)14-4-2-1-3-5-14/h1-5,8-11,13H,6-7,12H2,(H,20,21). The summed E-state index contributed by atoms with van der Waals surface area (Å²) in [7, 11) is 0. The molecule has 1 heterocycles. The Labute approximate surface area is 133 Å². The first-order valence-corrected chi connectivity index (χ1v) is 8.54. The maximum atomic E-state index is 12.4. The molecule has 0 bridgehead atoms. The van der Waals surface area contributed by atoms with Gasteiger partial charge >= 0.3 is 0 Å². The van der Waals surface area contributed by atoms with Gasteiger partial charge in [-0.1, -0.05) is 30.3 Å². The number of benzene rings is 2. The number of fused-ring (bicyclic) bond motifs is 1. The van der Waals surface area contributed by atoms with Crippen LogP contribution in [0.15, 0.2) is 53.9 Å². The van der Waals surface area contributed by atoms with Gasteiger partial charge in [0.1, 0.15) is 0 Å². The predicted octanol–water partition coefficient (Wildman–Crippen LogP) is 4.71. The lowest BCUT2D eigenvalue weighted by Crippen LogP contribution is -2.25. The van der Waals surface area contributed by atoms with E-state index in [0.29, 0.717) is 5.92 Å². The Balaban J connectivity index is 1.74. The topological polar surface area (TPSA) is 29.1 Å². The quantitative estimate of drug-likeness (QED) is 0.743. The van der Waals surface area contributed by atoms with Crippen LogP contribution in [0, 0.1) is 5.92 Å².